The van der Waals surface area contributed by atoms with Gasteiger partial charge in [0.2, 0.25) is 0 Å². The summed E-state index contributed by atoms with van der Waals surface area (Å²) in [5, 5.41) is 4.64. The van der Waals surface area contributed by atoms with E-state index in [2.05, 4.69) is 36.2 Å². The van der Waals surface area contributed by atoms with Crippen LogP contribution in [0.4, 0.5) is 0 Å². The lowest BCUT2D eigenvalue weighted by Crippen LogP contribution is -2.54. The van der Waals surface area contributed by atoms with E-state index < -0.39 is 0 Å². The Balaban J connectivity index is 1.56. The van der Waals surface area contributed by atoms with Gasteiger partial charge >= 0.3 is 0 Å². The minimum Gasteiger partial charge on any atom is -0.497 e. The van der Waals surface area contributed by atoms with E-state index in [1.807, 2.05) is 35.4 Å². The van der Waals surface area contributed by atoms with Gasteiger partial charge in [0.05, 0.1) is 18.6 Å². The van der Waals surface area contributed by atoms with Gasteiger partial charge in [0.1, 0.15) is 5.75 Å². The minimum atomic E-state index is 0.0506. The van der Waals surface area contributed by atoms with Crippen molar-refractivity contribution in [3.63, 3.8) is 0 Å². The number of nitrogens with zero attached hydrogens (tertiary/aromatic N) is 2. The molecule has 3 aliphatic rings. The Labute approximate surface area is 162 Å². The lowest BCUT2D eigenvalue weighted by atomic mass is 10.1. The maximum absolute atomic E-state index is 12.8. The van der Waals surface area contributed by atoms with Gasteiger partial charge < -0.3 is 19.9 Å². The summed E-state index contributed by atoms with van der Waals surface area (Å²) in [6.45, 7) is 6.32. The molecule has 6 heteroatoms. The molecule has 1 N–H and O–H groups in total. The summed E-state index contributed by atoms with van der Waals surface area (Å²) in [6, 6.07) is 8.83. The number of allylic oxidation sites excluding steroid dienone is 1. The van der Waals surface area contributed by atoms with Gasteiger partial charge in [0.15, 0.2) is 0 Å². The standard InChI is InChI=1S/C21H26N3O2P/c1-14-11-23(12-15(2)22-14)17-7-8-21-24(13-17)20(25)10-19(27-21)16-5-4-6-18(9-16)26-3/h4-10,13-15,21-22,27H,11-12H2,1-3H3/t14-,15+,21?. The highest BCUT2D eigenvalue weighted by Gasteiger charge is 2.31. The second-order valence-corrected chi connectivity index (χ2v) is 8.83. The fourth-order valence-corrected chi connectivity index (χ4v) is 5.33. The number of hydrogen-bond acceptors (Lipinski definition) is 4. The molecule has 3 aliphatic heterocycles. The topological polar surface area (TPSA) is 44.8 Å². The van der Waals surface area contributed by atoms with Crippen molar-refractivity contribution in [3.05, 3.63) is 60.0 Å². The molecule has 142 valence electrons. The van der Waals surface area contributed by atoms with Crippen LogP contribution in [0.15, 0.2) is 54.4 Å². The van der Waals surface area contributed by atoms with Crippen LogP contribution in [0.1, 0.15) is 19.4 Å². The first-order valence-electron chi connectivity index (χ1n) is 9.39. The number of benzene rings is 1. The van der Waals surface area contributed by atoms with Gasteiger partial charge in [-0.25, -0.2) is 0 Å². The lowest BCUT2D eigenvalue weighted by molar-refractivity contribution is -0.123. The number of hydrogen-bond donors (Lipinski definition) is 1. The largest absolute Gasteiger partial charge is 0.497 e. The van der Waals surface area contributed by atoms with E-state index in [0.29, 0.717) is 20.7 Å². The molecule has 27 heavy (non-hydrogen) atoms. The molecule has 0 spiro atoms. The van der Waals surface area contributed by atoms with Gasteiger partial charge in [-0.05, 0) is 42.9 Å². The minimum absolute atomic E-state index is 0.0506. The van der Waals surface area contributed by atoms with Crippen LogP contribution in [0.3, 0.4) is 0 Å². The normalized spacial score (nSPS) is 28.7. The number of methoxy groups -OCH3 is 1. The van der Waals surface area contributed by atoms with Crippen LogP contribution in [0.2, 0.25) is 0 Å². The van der Waals surface area contributed by atoms with Crippen LogP contribution in [0.5, 0.6) is 5.75 Å². The SMILES string of the molecule is COc1cccc(C2=CC(=O)N3C=C(N4C[C@@H](C)N[C@@H](C)C4)C=CC3P2)c1. The molecule has 3 heterocycles. The lowest BCUT2D eigenvalue weighted by Gasteiger charge is -2.41. The first kappa shape index (κ1) is 18.3. The van der Waals surface area contributed by atoms with Crippen molar-refractivity contribution in [2.24, 2.45) is 0 Å². The van der Waals surface area contributed by atoms with Crippen LogP contribution >= 0.6 is 8.58 Å². The Morgan fingerprint density at radius 2 is 2.00 bits per heavy atom. The third-order valence-electron chi connectivity index (χ3n) is 5.15. The summed E-state index contributed by atoms with van der Waals surface area (Å²) in [5.74, 6) is 0.969. The predicted octanol–water partition coefficient (Wildman–Crippen LogP) is 2.98. The molecule has 0 aromatic heterocycles. The maximum Gasteiger partial charge on any atom is 0.252 e. The van der Waals surface area contributed by atoms with E-state index >= 15 is 0 Å². The zero-order chi connectivity index (χ0) is 19.0. The number of ether oxygens (including phenoxy) is 1. The highest BCUT2D eigenvalue weighted by atomic mass is 31.1. The molecule has 0 saturated carbocycles. The Morgan fingerprint density at radius 1 is 1.22 bits per heavy atom. The Hall–Kier alpha value is -2.10. The van der Waals surface area contributed by atoms with Crippen molar-refractivity contribution in [1.29, 1.82) is 0 Å². The molecule has 1 aromatic rings. The molecule has 0 bridgehead atoms. The second kappa shape index (κ2) is 7.49. The maximum atomic E-state index is 12.8. The summed E-state index contributed by atoms with van der Waals surface area (Å²) >= 11 is 0. The number of carbonyl (C=O) groups excluding carboxylic acids is 1. The third-order valence-corrected chi connectivity index (χ3v) is 6.66. The van der Waals surface area contributed by atoms with E-state index in [-0.39, 0.29) is 11.7 Å². The van der Waals surface area contributed by atoms with Crippen LogP contribution < -0.4 is 10.1 Å². The number of fused-ring (bicyclic) bond motifs is 1. The van der Waals surface area contributed by atoms with Gasteiger partial charge in [-0.2, -0.15) is 0 Å². The van der Waals surface area contributed by atoms with E-state index in [0.717, 1.165) is 35.4 Å². The quantitative estimate of drug-likeness (QED) is 0.816. The van der Waals surface area contributed by atoms with Gasteiger partial charge in [-0.3, -0.25) is 4.79 Å². The van der Waals surface area contributed by atoms with E-state index in [1.165, 1.54) is 0 Å². The Morgan fingerprint density at radius 3 is 2.74 bits per heavy atom. The second-order valence-electron chi connectivity index (χ2n) is 7.41. The first-order valence-corrected chi connectivity index (χ1v) is 10.5. The highest BCUT2D eigenvalue weighted by Crippen LogP contribution is 2.45. The molecule has 1 amide bonds. The zero-order valence-corrected chi connectivity index (χ0v) is 17.0. The predicted molar refractivity (Wildman–Crippen MR) is 111 cm³/mol. The molecule has 0 radical (unpaired) electrons. The van der Waals surface area contributed by atoms with Crippen LogP contribution in [-0.4, -0.2) is 53.8 Å². The number of amides is 1. The molecular formula is C21H26N3O2P. The van der Waals surface area contributed by atoms with Crippen molar-refractivity contribution in [1.82, 2.24) is 15.1 Å². The number of piperazine rings is 1. The Kier molecular flexibility index (Phi) is 5.07. The fraction of sp³-hybridized carbons (Fsp3) is 0.381. The summed E-state index contributed by atoms with van der Waals surface area (Å²) in [7, 11) is 2.19. The number of nitrogens with one attached hydrogen (secondary N) is 1. The molecule has 0 aliphatic carbocycles. The summed E-state index contributed by atoms with van der Waals surface area (Å²) < 4.78 is 5.32. The van der Waals surface area contributed by atoms with E-state index in [1.54, 1.807) is 13.2 Å². The van der Waals surface area contributed by atoms with Gasteiger partial charge in [0, 0.05) is 37.4 Å². The first-order chi connectivity index (χ1) is 13.0. The molecule has 5 nitrogen and oxygen atoms in total. The smallest absolute Gasteiger partial charge is 0.252 e. The molecule has 1 aromatic carbocycles. The van der Waals surface area contributed by atoms with Crippen molar-refractivity contribution >= 4 is 19.8 Å². The third kappa shape index (κ3) is 3.80. The summed E-state index contributed by atoms with van der Waals surface area (Å²) in [6.07, 6.45) is 8.17. The van der Waals surface area contributed by atoms with Crippen molar-refractivity contribution < 1.29 is 9.53 Å². The van der Waals surface area contributed by atoms with E-state index in [9.17, 15) is 4.79 Å². The highest BCUT2D eigenvalue weighted by molar-refractivity contribution is 7.51. The summed E-state index contributed by atoms with van der Waals surface area (Å²) in [5.41, 5.74) is 2.19. The number of carbonyl (C=O) groups is 1. The zero-order valence-electron chi connectivity index (χ0n) is 16.0. The molecule has 1 saturated heterocycles. The monoisotopic (exact) mass is 383 g/mol. The summed E-state index contributed by atoms with van der Waals surface area (Å²) in [4.78, 5) is 17.1. The molecule has 2 unspecified atom stereocenters. The average Bonchev–Trinajstić information content (AvgIpc) is 2.67. The molecule has 4 atom stereocenters. The average molecular weight is 383 g/mol. The van der Waals surface area contributed by atoms with Crippen molar-refractivity contribution in [2.75, 3.05) is 20.2 Å². The van der Waals surface area contributed by atoms with Gasteiger partial charge in [-0.15, -0.1) is 0 Å². The molecule has 1 fully saturated rings. The van der Waals surface area contributed by atoms with Crippen molar-refractivity contribution in [3.8, 4) is 5.75 Å². The van der Waals surface area contributed by atoms with Gasteiger partial charge in [0.25, 0.3) is 5.91 Å². The van der Waals surface area contributed by atoms with Crippen LogP contribution in [0, 0.1) is 0 Å². The van der Waals surface area contributed by atoms with Crippen molar-refractivity contribution in [2.45, 2.75) is 31.7 Å². The molecular weight excluding hydrogens is 357 g/mol. The fourth-order valence-electron chi connectivity index (χ4n) is 3.95. The molecule has 4 rings (SSSR count). The van der Waals surface area contributed by atoms with E-state index in [4.69, 9.17) is 4.74 Å². The van der Waals surface area contributed by atoms with Crippen LogP contribution in [-0.2, 0) is 4.79 Å². The number of rotatable bonds is 3. The Bertz CT molecular complexity index is 822. The van der Waals surface area contributed by atoms with Crippen LogP contribution in [0.25, 0.3) is 5.31 Å². The van der Waals surface area contributed by atoms with Gasteiger partial charge in [-0.1, -0.05) is 26.8 Å².